The summed E-state index contributed by atoms with van der Waals surface area (Å²) in [6.07, 6.45) is -0.605. The number of carbonyl (C=O) groups is 7. The van der Waals surface area contributed by atoms with Crippen LogP contribution in [0.2, 0.25) is 0 Å². The molecule has 7 atom stereocenters. The van der Waals surface area contributed by atoms with Crippen molar-refractivity contribution >= 4 is 55.3 Å². The zero-order chi connectivity index (χ0) is 39.2. The predicted octanol–water partition coefficient (Wildman–Crippen LogP) is -8.77. The number of rotatable bonds is 12. The molecule has 1 saturated heterocycles. The summed E-state index contributed by atoms with van der Waals surface area (Å²) < 4.78 is 15.8. The lowest BCUT2D eigenvalue weighted by atomic mass is 10.0. The van der Waals surface area contributed by atoms with Crippen LogP contribution in [-0.2, 0) is 37.9 Å². The minimum absolute atomic E-state index is 0.283. The number of guanidine groups is 1. The summed E-state index contributed by atoms with van der Waals surface area (Å²) in [5.41, 5.74) is 21.4. The molecule has 20 N–H and O–H groups in total. The maximum Gasteiger partial charge on any atom is 0.469 e. The summed E-state index contributed by atoms with van der Waals surface area (Å²) in [5.74, 6) is -7.43. The first-order valence-corrected chi connectivity index (χ1v) is 17.0. The van der Waals surface area contributed by atoms with Crippen LogP contribution in [0.4, 0.5) is 4.79 Å². The lowest BCUT2D eigenvalue weighted by molar-refractivity contribution is -0.135. The molecule has 0 spiro atoms. The summed E-state index contributed by atoms with van der Waals surface area (Å²) in [6.45, 7) is -2.85. The van der Waals surface area contributed by atoms with Gasteiger partial charge in [-0.2, -0.15) is 0 Å². The molecular weight excluding hydrogens is 721 g/mol. The number of amides is 8. The molecule has 2 rings (SSSR count). The van der Waals surface area contributed by atoms with Gasteiger partial charge in [0.15, 0.2) is 5.96 Å². The van der Waals surface area contributed by atoms with Gasteiger partial charge in [0, 0.05) is 31.6 Å². The van der Waals surface area contributed by atoms with Crippen molar-refractivity contribution in [1.82, 2.24) is 42.5 Å². The van der Waals surface area contributed by atoms with Crippen molar-refractivity contribution in [2.24, 2.45) is 27.9 Å². The Morgan fingerprint density at radius 3 is 2.31 bits per heavy atom. The van der Waals surface area contributed by atoms with Crippen LogP contribution in [0.3, 0.4) is 0 Å². The number of urea groups is 1. The Balaban J connectivity index is 2.63. The van der Waals surface area contributed by atoms with E-state index in [2.05, 4.69) is 36.1 Å². The van der Waals surface area contributed by atoms with Crippen molar-refractivity contribution in [3.05, 3.63) is 11.9 Å². The Morgan fingerprint density at radius 2 is 1.71 bits per heavy atom. The number of aliphatic hydroxyl groups is 2. The molecule has 0 bridgehead atoms. The van der Waals surface area contributed by atoms with E-state index in [9.17, 15) is 58.1 Å². The van der Waals surface area contributed by atoms with Gasteiger partial charge in [-0.1, -0.05) is 0 Å². The molecule has 292 valence electrons. The quantitative estimate of drug-likeness (QED) is 0.0648. The molecule has 0 aliphatic carbocycles. The molecule has 0 aromatic carbocycles. The van der Waals surface area contributed by atoms with E-state index >= 15 is 0 Å². The van der Waals surface area contributed by atoms with Gasteiger partial charge in [0.05, 0.1) is 19.3 Å². The first-order chi connectivity index (χ1) is 24.3. The highest BCUT2D eigenvalue weighted by atomic mass is 31.2. The van der Waals surface area contributed by atoms with E-state index in [4.69, 9.17) is 22.9 Å². The molecule has 0 aromatic rings. The molecule has 0 radical (unpaired) electrons. The SMILES string of the molecule is NCCC[C@H](N)CC(=O)N[C@H]1CNC(=O)[C@H]([C@H]2C[C@H](O)NC(N)=N2)NC(=O)/C(=C/NC(N)=O)NC(=O)[C@H](CO)NC(=O)[C@H](COP(=O)(O)O)NC1=O. The van der Waals surface area contributed by atoms with E-state index in [0.29, 0.717) is 19.0 Å². The van der Waals surface area contributed by atoms with Crippen LogP contribution in [0.5, 0.6) is 0 Å². The maximum atomic E-state index is 13.6. The number of hydrogen-bond acceptors (Lipinski definition) is 16. The average Bonchev–Trinajstić information content (AvgIpc) is 3.04. The maximum absolute atomic E-state index is 13.6. The zero-order valence-corrected chi connectivity index (χ0v) is 28.3. The molecule has 8 amide bonds. The molecule has 27 heteroatoms. The minimum atomic E-state index is -5.28. The van der Waals surface area contributed by atoms with Gasteiger partial charge in [-0.3, -0.25) is 33.3 Å². The van der Waals surface area contributed by atoms with E-state index in [0.717, 1.165) is 0 Å². The third-order valence-corrected chi connectivity index (χ3v) is 7.60. The van der Waals surface area contributed by atoms with Gasteiger partial charge in [-0.15, -0.1) is 0 Å². The van der Waals surface area contributed by atoms with E-state index in [1.54, 1.807) is 0 Å². The second-order valence-corrected chi connectivity index (χ2v) is 12.6. The van der Waals surface area contributed by atoms with Crippen molar-refractivity contribution in [2.75, 3.05) is 26.3 Å². The Labute approximate surface area is 294 Å². The smallest absolute Gasteiger partial charge is 0.394 e. The second-order valence-electron chi connectivity index (χ2n) is 11.3. The van der Waals surface area contributed by atoms with Crippen LogP contribution >= 0.6 is 7.82 Å². The minimum Gasteiger partial charge on any atom is -0.394 e. The number of nitrogens with two attached hydrogens (primary N) is 4. The van der Waals surface area contributed by atoms with Gasteiger partial charge < -0.3 is 85.5 Å². The fourth-order valence-corrected chi connectivity index (χ4v) is 4.95. The highest BCUT2D eigenvalue weighted by Crippen LogP contribution is 2.35. The molecule has 0 aromatic heterocycles. The van der Waals surface area contributed by atoms with Gasteiger partial charge >= 0.3 is 13.9 Å². The van der Waals surface area contributed by atoms with Gasteiger partial charge in [0.2, 0.25) is 29.5 Å². The highest BCUT2D eigenvalue weighted by Gasteiger charge is 2.37. The van der Waals surface area contributed by atoms with Crippen LogP contribution in [-0.4, -0.2) is 136 Å². The predicted molar refractivity (Wildman–Crippen MR) is 175 cm³/mol. The topological polar surface area (TPSA) is 439 Å². The molecule has 52 heavy (non-hydrogen) atoms. The molecule has 1 fully saturated rings. The number of nitrogens with one attached hydrogen (secondary N) is 8. The molecule has 26 nitrogen and oxygen atoms in total. The Bertz CT molecular complexity index is 1460. The average molecular weight is 766 g/mol. The standard InChI is InChI=1S/C25H44N13O13P/c26-3-1-2-10(27)4-16(40)32-12-6-30-23(46)18(11-5-17(41)37-24(28)36-11)38-20(43)13(7-31-25(29)47)33-21(44)14(8-39)34-22(45)15(35-19(12)42)9-51-52(48,49)50/h7,10-12,14-15,17-18,39,41H,1-6,8-9,26-27H2,(H,30,46)(H,32,40)(H,33,44)(H,34,45)(H,35,42)(H,38,43)(H3,28,36,37)(H3,29,31,47)(H2,48,49,50)/b13-7-/t10-,11+,12-,14-,15-,17-,18-/m0/s1. The van der Waals surface area contributed by atoms with Crippen LogP contribution in [0, 0.1) is 0 Å². The van der Waals surface area contributed by atoms with Gasteiger partial charge in [0.1, 0.15) is 36.1 Å². The van der Waals surface area contributed by atoms with Crippen molar-refractivity contribution < 1.29 is 62.7 Å². The molecule has 2 aliphatic rings. The van der Waals surface area contributed by atoms with Crippen molar-refractivity contribution in [2.45, 2.75) is 68.2 Å². The Morgan fingerprint density at radius 1 is 1.04 bits per heavy atom. The van der Waals surface area contributed by atoms with Crippen molar-refractivity contribution in [3.63, 3.8) is 0 Å². The second kappa shape index (κ2) is 20.2. The summed E-state index contributed by atoms with van der Waals surface area (Å²) in [5, 5.41) is 37.5. The molecule has 0 saturated carbocycles. The lowest BCUT2D eigenvalue weighted by Crippen LogP contribution is -2.63. The lowest BCUT2D eigenvalue weighted by Gasteiger charge is -2.31. The molecule has 2 aliphatic heterocycles. The number of phosphoric ester groups is 1. The van der Waals surface area contributed by atoms with Gasteiger partial charge in [0.25, 0.3) is 5.91 Å². The Kier molecular flexibility index (Phi) is 16.8. The first kappa shape index (κ1) is 43.2. The number of hydrogen-bond donors (Lipinski definition) is 16. The monoisotopic (exact) mass is 765 g/mol. The first-order valence-electron chi connectivity index (χ1n) is 15.4. The third kappa shape index (κ3) is 14.7. The number of aliphatic imine (C=N–C) groups is 1. The van der Waals surface area contributed by atoms with E-state index in [-0.39, 0.29) is 25.3 Å². The third-order valence-electron chi connectivity index (χ3n) is 7.12. The molecule has 0 unspecified atom stereocenters. The zero-order valence-electron chi connectivity index (χ0n) is 27.4. The highest BCUT2D eigenvalue weighted by molar-refractivity contribution is 7.46. The summed E-state index contributed by atoms with van der Waals surface area (Å²) in [4.78, 5) is 114. The Hall–Kier alpha value is -4.95. The number of primary amides is 1. The number of aliphatic hydroxyl groups excluding tert-OH is 2. The van der Waals surface area contributed by atoms with Crippen LogP contribution in [0.1, 0.15) is 25.7 Å². The fraction of sp³-hybridized carbons (Fsp3) is 0.600. The van der Waals surface area contributed by atoms with Crippen LogP contribution < -0.4 is 65.5 Å². The molecule has 2 heterocycles. The van der Waals surface area contributed by atoms with E-state index < -0.39 is 117 Å². The number of phosphoric acid groups is 1. The largest absolute Gasteiger partial charge is 0.469 e. The van der Waals surface area contributed by atoms with Gasteiger partial charge in [-0.25, -0.2) is 14.4 Å². The van der Waals surface area contributed by atoms with Crippen LogP contribution in [0.15, 0.2) is 16.9 Å². The van der Waals surface area contributed by atoms with E-state index in [1.807, 2.05) is 16.0 Å². The van der Waals surface area contributed by atoms with Crippen molar-refractivity contribution in [1.29, 1.82) is 0 Å². The summed E-state index contributed by atoms with van der Waals surface area (Å²) in [6, 6.07) is -10.7. The number of nitrogens with zero attached hydrogens (tertiary/aromatic N) is 1. The van der Waals surface area contributed by atoms with Crippen molar-refractivity contribution in [3.8, 4) is 0 Å². The van der Waals surface area contributed by atoms with Gasteiger partial charge in [-0.05, 0) is 19.4 Å². The summed E-state index contributed by atoms with van der Waals surface area (Å²) in [7, 11) is -5.28. The number of carbonyl (C=O) groups excluding carboxylic acids is 7. The van der Waals surface area contributed by atoms with E-state index in [1.165, 1.54) is 0 Å². The fourth-order valence-electron chi connectivity index (χ4n) is 4.60. The summed E-state index contributed by atoms with van der Waals surface area (Å²) >= 11 is 0. The molecular formula is C25H44N13O13P. The van der Waals surface area contributed by atoms with Crippen LogP contribution in [0.25, 0.3) is 0 Å². The normalized spacial score (nSPS) is 26.7.